The predicted molar refractivity (Wildman–Crippen MR) is 97.4 cm³/mol. The number of aromatic nitrogens is 2. The van der Waals surface area contributed by atoms with Gasteiger partial charge < -0.3 is 20.9 Å². The van der Waals surface area contributed by atoms with E-state index < -0.39 is 15.9 Å². The summed E-state index contributed by atoms with van der Waals surface area (Å²) in [5, 5.41) is 35.5. The molecule has 10 nitrogen and oxygen atoms in total. The van der Waals surface area contributed by atoms with Gasteiger partial charge >= 0.3 is 0 Å². The Morgan fingerprint density at radius 2 is 2.25 bits per heavy atom. The SMILES string of the molecule is CS(=O)(=O)CCC(O)CNc1nonc1/C(=N/O)N[C@H]1Cc2ccc(F)cc21. The lowest BCUT2D eigenvalue weighted by Crippen LogP contribution is -2.37. The maximum Gasteiger partial charge on any atom is 0.202 e. The average molecular weight is 413 g/mol. The van der Waals surface area contributed by atoms with Crippen LogP contribution in [0.4, 0.5) is 10.2 Å². The average Bonchev–Trinajstić information content (AvgIpc) is 3.09. The van der Waals surface area contributed by atoms with Crippen molar-refractivity contribution < 1.29 is 27.8 Å². The second-order valence-corrected chi connectivity index (χ2v) is 8.87. The molecule has 0 fully saturated rings. The molecule has 12 heteroatoms. The van der Waals surface area contributed by atoms with E-state index in [1.807, 2.05) is 0 Å². The van der Waals surface area contributed by atoms with Gasteiger partial charge in [0.1, 0.15) is 15.7 Å². The molecule has 3 rings (SSSR count). The lowest BCUT2D eigenvalue weighted by molar-refractivity contribution is 0.184. The minimum Gasteiger partial charge on any atom is -0.409 e. The Hall–Kier alpha value is -2.73. The topological polar surface area (TPSA) is 150 Å². The van der Waals surface area contributed by atoms with Crippen LogP contribution in [0.3, 0.4) is 0 Å². The molecule has 1 aromatic heterocycles. The van der Waals surface area contributed by atoms with Crippen LogP contribution in [0.2, 0.25) is 0 Å². The Labute approximate surface area is 160 Å². The summed E-state index contributed by atoms with van der Waals surface area (Å²) in [4.78, 5) is 0. The summed E-state index contributed by atoms with van der Waals surface area (Å²) in [6, 6.07) is 4.22. The molecular weight excluding hydrogens is 393 g/mol. The predicted octanol–water partition coefficient (Wildman–Crippen LogP) is 0.439. The van der Waals surface area contributed by atoms with E-state index in [0.29, 0.717) is 6.42 Å². The number of hydrogen-bond acceptors (Lipinski definition) is 9. The largest absolute Gasteiger partial charge is 0.409 e. The van der Waals surface area contributed by atoms with Crippen LogP contribution >= 0.6 is 0 Å². The van der Waals surface area contributed by atoms with Crippen molar-refractivity contribution in [2.45, 2.75) is 25.0 Å². The molecule has 1 aliphatic carbocycles. The fraction of sp³-hybridized carbons (Fsp3) is 0.438. The number of amidine groups is 1. The Bertz CT molecular complexity index is 978. The van der Waals surface area contributed by atoms with Crippen molar-refractivity contribution in [1.82, 2.24) is 15.6 Å². The van der Waals surface area contributed by atoms with Crippen LogP contribution in [0.5, 0.6) is 0 Å². The molecule has 0 saturated carbocycles. The van der Waals surface area contributed by atoms with Crippen LogP contribution in [-0.2, 0) is 16.3 Å². The monoisotopic (exact) mass is 413 g/mol. The maximum atomic E-state index is 13.4. The molecule has 0 radical (unpaired) electrons. The van der Waals surface area contributed by atoms with Crippen molar-refractivity contribution in [3.05, 3.63) is 40.8 Å². The van der Waals surface area contributed by atoms with Crippen molar-refractivity contribution >= 4 is 21.5 Å². The standard InChI is InChI=1S/C16H20FN5O5S/c1-28(25,26)5-4-11(23)8-18-15-14(21-27-22-15)16(20-24)19-13-6-9-2-3-10(17)7-12(9)13/h2-3,7,11,13,23-24H,4-6,8H2,1H3,(H,18,22)(H,19,20)/t11?,13-/m0/s1. The molecule has 152 valence electrons. The third kappa shape index (κ3) is 4.75. The summed E-state index contributed by atoms with van der Waals surface area (Å²) in [6.07, 6.45) is 0.818. The van der Waals surface area contributed by atoms with E-state index in [0.717, 1.165) is 17.4 Å². The van der Waals surface area contributed by atoms with Crippen LogP contribution < -0.4 is 10.6 Å². The lowest BCUT2D eigenvalue weighted by Gasteiger charge is -2.31. The first kappa shape index (κ1) is 20.0. The van der Waals surface area contributed by atoms with Gasteiger partial charge in [0.25, 0.3) is 0 Å². The molecule has 0 spiro atoms. The lowest BCUT2D eigenvalue weighted by atomic mass is 9.83. The number of aliphatic hydroxyl groups is 1. The van der Waals surface area contributed by atoms with E-state index in [2.05, 4.69) is 30.7 Å². The number of halogens is 1. The van der Waals surface area contributed by atoms with Crippen molar-refractivity contribution in [3.63, 3.8) is 0 Å². The number of aliphatic hydroxyl groups excluding tert-OH is 1. The van der Waals surface area contributed by atoms with Gasteiger partial charge in [0, 0.05) is 12.8 Å². The van der Waals surface area contributed by atoms with Gasteiger partial charge in [-0.05, 0) is 46.4 Å². The Morgan fingerprint density at radius 1 is 1.46 bits per heavy atom. The third-order valence-corrected chi connectivity index (χ3v) is 5.34. The van der Waals surface area contributed by atoms with Crippen LogP contribution in [0.15, 0.2) is 28.0 Å². The highest BCUT2D eigenvalue weighted by atomic mass is 32.2. The molecule has 1 heterocycles. The Morgan fingerprint density at radius 3 is 2.96 bits per heavy atom. The maximum absolute atomic E-state index is 13.4. The summed E-state index contributed by atoms with van der Waals surface area (Å²) in [5.41, 5.74) is 1.81. The summed E-state index contributed by atoms with van der Waals surface area (Å²) < 4.78 is 40.4. The molecule has 2 atom stereocenters. The fourth-order valence-electron chi connectivity index (χ4n) is 2.84. The van der Waals surface area contributed by atoms with Gasteiger partial charge in [-0.1, -0.05) is 11.2 Å². The summed E-state index contributed by atoms with van der Waals surface area (Å²) >= 11 is 0. The van der Waals surface area contributed by atoms with Gasteiger partial charge in [0.2, 0.25) is 5.82 Å². The number of hydrogen-bond donors (Lipinski definition) is 4. The molecule has 1 aliphatic rings. The van der Waals surface area contributed by atoms with Crippen LogP contribution in [0, 0.1) is 5.82 Å². The molecule has 1 unspecified atom stereocenters. The van der Waals surface area contributed by atoms with E-state index in [1.165, 1.54) is 12.1 Å². The molecule has 0 aliphatic heterocycles. The first-order chi connectivity index (χ1) is 13.3. The molecule has 28 heavy (non-hydrogen) atoms. The van der Waals surface area contributed by atoms with E-state index in [9.17, 15) is 23.1 Å². The van der Waals surface area contributed by atoms with E-state index in [4.69, 9.17) is 0 Å². The zero-order chi connectivity index (χ0) is 20.3. The fourth-order valence-corrected chi connectivity index (χ4v) is 3.54. The van der Waals surface area contributed by atoms with E-state index in [-0.39, 0.29) is 47.9 Å². The first-order valence-corrected chi connectivity index (χ1v) is 10.5. The van der Waals surface area contributed by atoms with Crippen molar-refractivity contribution in [2.75, 3.05) is 23.9 Å². The van der Waals surface area contributed by atoms with Gasteiger partial charge in [-0.25, -0.2) is 17.4 Å². The Balaban J connectivity index is 1.62. The zero-order valence-electron chi connectivity index (χ0n) is 15.0. The molecule has 1 aromatic carbocycles. The summed E-state index contributed by atoms with van der Waals surface area (Å²) in [5.74, 6) is -0.435. The van der Waals surface area contributed by atoms with Crippen molar-refractivity contribution in [3.8, 4) is 0 Å². The number of sulfone groups is 1. The van der Waals surface area contributed by atoms with Gasteiger partial charge in [-0.15, -0.1) is 0 Å². The molecule has 0 bridgehead atoms. The highest BCUT2D eigenvalue weighted by molar-refractivity contribution is 7.90. The van der Waals surface area contributed by atoms with Gasteiger partial charge in [-0.3, -0.25) is 0 Å². The number of nitrogens with one attached hydrogen (secondary N) is 2. The second-order valence-electron chi connectivity index (χ2n) is 6.61. The van der Waals surface area contributed by atoms with E-state index >= 15 is 0 Å². The van der Waals surface area contributed by atoms with Gasteiger partial charge in [0.05, 0.1) is 17.9 Å². The van der Waals surface area contributed by atoms with E-state index in [1.54, 1.807) is 6.07 Å². The second kappa shape index (κ2) is 8.10. The van der Waals surface area contributed by atoms with Crippen LogP contribution in [0.25, 0.3) is 0 Å². The number of benzene rings is 1. The molecular formula is C16H20FN5O5S. The smallest absolute Gasteiger partial charge is 0.202 e. The quantitative estimate of drug-likeness (QED) is 0.209. The zero-order valence-corrected chi connectivity index (χ0v) is 15.8. The molecule has 2 aromatic rings. The number of nitrogens with zero attached hydrogens (tertiary/aromatic N) is 3. The van der Waals surface area contributed by atoms with Gasteiger partial charge in [-0.2, -0.15) is 0 Å². The Kier molecular flexibility index (Phi) is 5.79. The minimum absolute atomic E-state index is 0.00703. The number of oxime groups is 1. The normalized spacial score (nSPS) is 17.5. The molecule has 0 saturated heterocycles. The molecule has 4 N–H and O–H groups in total. The minimum atomic E-state index is -3.18. The highest BCUT2D eigenvalue weighted by Gasteiger charge is 2.29. The number of anilines is 1. The van der Waals surface area contributed by atoms with Crippen LogP contribution in [0.1, 0.15) is 29.3 Å². The van der Waals surface area contributed by atoms with Crippen molar-refractivity contribution in [1.29, 1.82) is 0 Å². The molecule has 0 amide bonds. The van der Waals surface area contributed by atoms with Gasteiger partial charge in [0.15, 0.2) is 11.5 Å². The highest BCUT2D eigenvalue weighted by Crippen LogP contribution is 2.33. The third-order valence-electron chi connectivity index (χ3n) is 4.36. The summed E-state index contributed by atoms with van der Waals surface area (Å²) in [7, 11) is -3.18. The first-order valence-electron chi connectivity index (χ1n) is 8.46. The number of fused-ring (bicyclic) bond motifs is 1. The summed E-state index contributed by atoms with van der Waals surface area (Å²) in [6.45, 7) is -0.00703. The van der Waals surface area contributed by atoms with Crippen LogP contribution in [-0.4, -0.2) is 59.5 Å². The van der Waals surface area contributed by atoms with Crippen molar-refractivity contribution in [2.24, 2.45) is 5.16 Å². The number of rotatable bonds is 8.